The van der Waals surface area contributed by atoms with Crippen molar-refractivity contribution in [2.24, 2.45) is 13.0 Å². The Labute approximate surface area is 191 Å². The Morgan fingerprint density at radius 3 is 2.42 bits per heavy atom. The lowest BCUT2D eigenvalue weighted by atomic mass is 10.1. The lowest BCUT2D eigenvalue weighted by Gasteiger charge is -2.19. The normalized spacial score (nSPS) is 11.3. The van der Waals surface area contributed by atoms with Crippen molar-refractivity contribution in [2.45, 2.75) is 20.4 Å². The Balaban J connectivity index is 1.75. The van der Waals surface area contributed by atoms with Gasteiger partial charge in [-0.05, 0) is 24.4 Å². The number of nitrogens with one attached hydrogen (secondary N) is 1. The van der Waals surface area contributed by atoms with Crippen molar-refractivity contribution in [2.75, 3.05) is 31.2 Å². The summed E-state index contributed by atoms with van der Waals surface area (Å²) in [6.07, 6.45) is 0. The highest BCUT2D eigenvalue weighted by Gasteiger charge is 2.23. The van der Waals surface area contributed by atoms with Crippen molar-refractivity contribution in [3.63, 3.8) is 0 Å². The van der Waals surface area contributed by atoms with E-state index >= 15 is 0 Å². The number of likely N-dealkylation sites (N-methyl/N-ethyl adjacent to an activating group) is 1. The number of hydrogen-bond acceptors (Lipinski definition) is 6. The second-order valence-corrected chi connectivity index (χ2v) is 8.58. The molecule has 9 heteroatoms. The molecule has 0 bridgehead atoms. The Hall–Kier alpha value is -3.72. The first-order valence-corrected chi connectivity index (χ1v) is 10.7. The molecule has 0 aliphatic heterocycles. The van der Waals surface area contributed by atoms with E-state index in [1.165, 1.54) is 16.5 Å². The number of rotatable bonds is 8. The van der Waals surface area contributed by atoms with E-state index in [0.29, 0.717) is 5.69 Å². The van der Waals surface area contributed by atoms with Crippen LogP contribution >= 0.6 is 0 Å². The number of anilines is 2. The third-order valence-corrected chi connectivity index (χ3v) is 5.30. The number of benzene rings is 2. The van der Waals surface area contributed by atoms with Crippen LogP contribution < -0.4 is 22.3 Å². The zero-order chi connectivity index (χ0) is 24.3. The van der Waals surface area contributed by atoms with Crippen molar-refractivity contribution < 1.29 is 9.59 Å². The van der Waals surface area contributed by atoms with E-state index in [1.807, 2.05) is 56.3 Å². The molecule has 0 atom stereocenters. The molecule has 0 radical (unpaired) electrons. The molecule has 33 heavy (non-hydrogen) atoms. The van der Waals surface area contributed by atoms with Crippen molar-refractivity contribution in [3.05, 3.63) is 68.9 Å². The van der Waals surface area contributed by atoms with Crippen LogP contribution in [0.4, 0.5) is 11.5 Å². The van der Waals surface area contributed by atoms with Crippen molar-refractivity contribution in [1.29, 1.82) is 0 Å². The standard InChI is InChI=1S/C24H29N5O4/c1-15(2)12-29-22(25)21(23(32)28(4)24(29)33)19(30)13-27(3)14-20(31)26-18-11-7-9-16-8-5-6-10-17(16)18/h5-11,15H,12-14,25H2,1-4H3,(H,26,31). The molecule has 3 N–H and O–H groups in total. The van der Waals surface area contributed by atoms with Crippen LogP contribution in [0.1, 0.15) is 24.2 Å². The number of Topliss-reactive ketones (excluding diaryl/α,β-unsaturated/α-hetero) is 1. The molecule has 1 heterocycles. The number of ketones is 1. The molecule has 0 unspecified atom stereocenters. The predicted octanol–water partition coefficient (Wildman–Crippen LogP) is 1.69. The van der Waals surface area contributed by atoms with Gasteiger partial charge < -0.3 is 11.1 Å². The molecule has 0 spiro atoms. The van der Waals surface area contributed by atoms with Crippen LogP contribution in [0.2, 0.25) is 0 Å². The van der Waals surface area contributed by atoms with Crippen LogP contribution in [-0.2, 0) is 18.4 Å². The molecule has 3 rings (SSSR count). The van der Waals surface area contributed by atoms with Gasteiger partial charge in [0.05, 0.1) is 13.1 Å². The van der Waals surface area contributed by atoms with Crippen molar-refractivity contribution >= 4 is 34.0 Å². The number of aromatic nitrogens is 2. The van der Waals surface area contributed by atoms with Gasteiger partial charge in [-0.25, -0.2) is 4.79 Å². The maximum atomic E-state index is 12.9. The van der Waals surface area contributed by atoms with E-state index in [2.05, 4.69) is 5.32 Å². The van der Waals surface area contributed by atoms with Gasteiger partial charge in [-0.1, -0.05) is 50.2 Å². The second kappa shape index (κ2) is 9.83. The average molecular weight is 452 g/mol. The first-order valence-electron chi connectivity index (χ1n) is 10.7. The number of fused-ring (bicyclic) bond motifs is 1. The summed E-state index contributed by atoms with van der Waals surface area (Å²) >= 11 is 0. The minimum atomic E-state index is -0.740. The zero-order valence-corrected chi connectivity index (χ0v) is 19.3. The summed E-state index contributed by atoms with van der Waals surface area (Å²) in [6, 6.07) is 13.3. The van der Waals surface area contributed by atoms with Gasteiger partial charge >= 0.3 is 5.69 Å². The summed E-state index contributed by atoms with van der Waals surface area (Å²) in [4.78, 5) is 52.1. The van der Waals surface area contributed by atoms with E-state index in [0.717, 1.165) is 15.3 Å². The highest BCUT2D eigenvalue weighted by atomic mass is 16.2. The van der Waals surface area contributed by atoms with E-state index in [1.54, 1.807) is 7.05 Å². The van der Waals surface area contributed by atoms with Gasteiger partial charge in [0.15, 0.2) is 5.78 Å². The average Bonchev–Trinajstić information content (AvgIpc) is 2.75. The fourth-order valence-corrected chi connectivity index (χ4v) is 3.74. The lowest BCUT2D eigenvalue weighted by Crippen LogP contribution is -2.44. The molecular weight excluding hydrogens is 422 g/mol. The second-order valence-electron chi connectivity index (χ2n) is 8.58. The SMILES string of the molecule is CC(C)Cn1c(N)c(C(=O)CN(C)CC(=O)Nc2cccc3ccccc23)c(=O)n(C)c1=O. The van der Waals surface area contributed by atoms with Gasteiger partial charge in [0, 0.05) is 24.7 Å². The number of nitrogens with two attached hydrogens (primary N) is 1. The van der Waals surface area contributed by atoms with Gasteiger partial charge in [-0.2, -0.15) is 0 Å². The Morgan fingerprint density at radius 2 is 1.73 bits per heavy atom. The van der Waals surface area contributed by atoms with E-state index in [-0.39, 0.29) is 42.8 Å². The third kappa shape index (κ3) is 5.20. The molecule has 174 valence electrons. The smallest absolute Gasteiger partial charge is 0.332 e. The molecule has 9 nitrogen and oxygen atoms in total. The summed E-state index contributed by atoms with van der Waals surface area (Å²) in [5, 5.41) is 4.79. The summed E-state index contributed by atoms with van der Waals surface area (Å²) in [6.45, 7) is 3.81. The van der Waals surface area contributed by atoms with Crippen LogP contribution in [0.5, 0.6) is 0 Å². The van der Waals surface area contributed by atoms with Crippen LogP contribution in [-0.4, -0.2) is 45.9 Å². The van der Waals surface area contributed by atoms with Gasteiger partial charge in [0.25, 0.3) is 5.56 Å². The molecule has 1 amide bonds. The number of nitrogens with zero attached hydrogens (tertiary/aromatic N) is 3. The highest BCUT2D eigenvalue weighted by molar-refractivity contribution is 6.03. The molecule has 0 saturated heterocycles. The predicted molar refractivity (Wildman–Crippen MR) is 130 cm³/mol. The fourth-order valence-electron chi connectivity index (χ4n) is 3.74. The van der Waals surface area contributed by atoms with E-state index in [4.69, 9.17) is 5.73 Å². The van der Waals surface area contributed by atoms with Gasteiger partial charge in [0.1, 0.15) is 11.4 Å². The van der Waals surface area contributed by atoms with Crippen LogP contribution in [0.25, 0.3) is 10.8 Å². The molecule has 0 aliphatic rings. The van der Waals surface area contributed by atoms with Crippen molar-refractivity contribution in [3.8, 4) is 0 Å². The molecule has 1 aromatic heterocycles. The maximum absolute atomic E-state index is 12.9. The Bertz CT molecular complexity index is 1320. The molecule has 3 aromatic rings. The number of nitrogen functional groups attached to an aromatic ring is 1. The van der Waals surface area contributed by atoms with Crippen LogP contribution in [0.3, 0.4) is 0 Å². The molecule has 0 saturated carbocycles. The topological polar surface area (TPSA) is 119 Å². The molecule has 0 fully saturated rings. The number of carbonyl (C=O) groups is 2. The summed E-state index contributed by atoms with van der Waals surface area (Å²) in [7, 11) is 2.92. The van der Waals surface area contributed by atoms with E-state index in [9.17, 15) is 19.2 Å². The molecule has 2 aromatic carbocycles. The van der Waals surface area contributed by atoms with Crippen LogP contribution in [0.15, 0.2) is 52.1 Å². The van der Waals surface area contributed by atoms with E-state index < -0.39 is 17.0 Å². The largest absolute Gasteiger partial charge is 0.384 e. The number of hydrogen-bond donors (Lipinski definition) is 2. The lowest BCUT2D eigenvalue weighted by molar-refractivity contribution is -0.116. The quantitative estimate of drug-likeness (QED) is 0.503. The Morgan fingerprint density at radius 1 is 1.06 bits per heavy atom. The first kappa shape index (κ1) is 23.9. The fraction of sp³-hybridized carbons (Fsp3) is 0.333. The van der Waals surface area contributed by atoms with Crippen molar-refractivity contribution in [1.82, 2.24) is 14.0 Å². The minimum Gasteiger partial charge on any atom is -0.384 e. The molecular formula is C24H29N5O4. The summed E-state index contributed by atoms with van der Waals surface area (Å²) < 4.78 is 2.13. The van der Waals surface area contributed by atoms with Gasteiger partial charge in [-0.3, -0.25) is 28.4 Å². The monoisotopic (exact) mass is 451 g/mol. The zero-order valence-electron chi connectivity index (χ0n) is 19.3. The summed E-state index contributed by atoms with van der Waals surface area (Å²) in [5.41, 5.74) is 5.20. The maximum Gasteiger partial charge on any atom is 0.332 e. The van der Waals surface area contributed by atoms with Gasteiger partial charge in [-0.15, -0.1) is 0 Å². The Kier molecular flexibility index (Phi) is 7.13. The number of amides is 1. The number of carbonyl (C=O) groups excluding carboxylic acids is 2. The highest BCUT2D eigenvalue weighted by Crippen LogP contribution is 2.22. The minimum absolute atomic E-state index is 0.0686. The third-order valence-electron chi connectivity index (χ3n) is 5.30. The van der Waals surface area contributed by atoms with Gasteiger partial charge in [0.2, 0.25) is 5.91 Å². The summed E-state index contributed by atoms with van der Waals surface area (Å²) in [5.74, 6) is -0.903. The molecule has 0 aliphatic carbocycles. The van der Waals surface area contributed by atoms with Crippen LogP contribution in [0, 0.1) is 5.92 Å². The first-order chi connectivity index (χ1) is 15.6.